The van der Waals surface area contributed by atoms with E-state index >= 15 is 0 Å². The predicted molar refractivity (Wildman–Crippen MR) is 72.4 cm³/mol. The molecule has 0 radical (unpaired) electrons. The van der Waals surface area contributed by atoms with E-state index in [0.717, 1.165) is 10.8 Å². The highest BCUT2D eigenvalue weighted by molar-refractivity contribution is 7.14. The molecule has 4 nitrogen and oxygen atoms in total. The molecule has 0 aliphatic carbocycles. The third-order valence-electron chi connectivity index (χ3n) is 2.59. The lowest BCUT2D eigenvalue weighted by atomic mass is 10.1. The van der Waals surface area contributed by atoms with Gasteiger partial charge in [0.25, 0.3) is 0 Å². The molecule has 0 aliphatic heterocycles. The fourth-order valence-corrected chi connectivity index (χ4v) is 2.69. The molecule has 0 N–H and O–H groups in total. The average molecular weight is 276 g/mol. The Morgan fingerprint density at radius 3 is 2.68 bits per heavy atom. The van der Waals surface area contributed by atoms with Crippen LogP contribution in [-0.4, -0.2) is 24.1 Å². The first kappa shape index (κ1) is 13.4. The normalized spacial score (nSPS) is 10.4. The molecule has 0 bridgehead atoms. The molecular formula is C14H12O4S. The van der Waals surface area contributed by atoms with E-state index in [9.17, 15) is 14.4 Å². The van der Waals surface area contributed by atoms with E-state index in [4.69, 9.17) is 0 Å². The Hall–Kier alpha value is -2.01. The smallest absolute Gasteiger partial charge is 0.375 e. The summed E-state index contributed by atoms with van der Waals surface area (Å²) in [6.45, 7) is 1.74. The van der Waals surface area contributed by atoms with Crippen molar-refractivity contribution in [3.8, 4) is 0 Å². The van der Waals surface area contributed by atoms with Crippen LogP contribution in [0.2, 0.25) is 0 Å². The van der Waals surface area contributed by atoms with Crippen LogP contribution in [0.3, 0.4) is 0 Å². The van der Waals surface area contributed by atoms with Crippen LogP contribution in [0.15, 0.2) is 29.6 Å². The van der Waals surface area contributed by atoms with E-state index in [2.05, 4.69) is 4.74 Å². The van der Waals surface area contributed by atoms with Crippen molar-refractivity contribution in [3.63, 3.8) is 0 Å². The SMILES string of the molecule is CCOC(=O)C(=O)CC(=O)c1scc2ccccc12. The van der Waals surface area contributed by atoms with Crippen LogP contribution in [0.4, 0.5) is 0 Å². The van der Waals surface area contributed by atoms with Crippen LogP contribution in [0.5, 0.6) is 0 Å². The number of esters is 1. The molecule has 1 aromatic heterocycles. The second kappa shape index (κ2) is 5.75. The van der Waals surface area contributed by atoms with Gasteiger partial charge in [0.05, 0.1) is 17.9 Å². The summed E-state index contributed by atoms with van der Waals surface area (Å²) >= 11 is 1.28. The van der Waals surface area contributed by atoms with Crippen LogP contribution in [0, 0.1) is 0 Å². The standard InChI is InChI=1S/C14H12O4S/c1-2-18-14(17)12(16)7-11(15)13-10-6-4-3-5-9(10)8-19-13/h3-6,8H,2,7H2,1H3. The zero-order valence-corrected chi connectivity index (χ0v) is 11.2. The first-order chi connectivity index (χ1) is 9.13. The molecule has 0 fully saturated rings. The molecule has 0 saturated carbocycles. The van der Waals surface area contributed by atoms with Gasteiger partial charge in [0.2, 0.25) is 5.78 Å². The van der Waals surface area contributed by atoms with Crippen molar-refractivity contribution in [2.45, 2.75) is 13.3 Å². The summed E-state index contributed by atoms with van der Waals surface area (Å²) in [5.41, 5.74) is 0. The maximum atomic E-state index is 12.0. The number of benzene rings is 1. The Balaban J connectivity index is 2.16. The van der Waals surface area contributed by atoms with E-state index in [0.29, 0.717) is 4.88 Å². The molecule has 0 saturated heterocycles. The van der Waals surface area contributed by atoms with Gasteiger partial charge in [-0.25, -0.2) is 4.79 Å². The largest absolute Gasteiger partial charge is 0.460 e. The summed E-state index contributed by atoms with van der Waals surface area (Å²) in [4.78, 5) is 35.2. The minimum atomic E-state index is -0.947. The summed E-state index contributed by atoms with van der Waals surface area (Å²) in [5, 5.41) is 3.63. The molecule has 5 heteroatoms. The van der Waals surface area contributed by atoms with Crippen molar-refractivity contribution in [2.75, 3.05) is 6.61 Å². The van der Waals surface area contributed by atoms with E-state index in [1.54, 1.807) is 6.92 Å². The maximum absolute atomic E-state index is 12.0. The molecule has 2 aromatic rings. The predicted octanol–water partition coefficient (Wildman–Crippen LogP) is 2.61. The molecular weight excluding hydrogens is 264 g/mol. The van der Waals surface area contributed by atoms with Gasteiger partial charge in [-0.3, -0.25) is 9.59 Å². The number of ketones is 2. The highest BCUT2D eigenvalue weighted by atomic mass is 32.1. The molecule has 1 heterocycles. The quantitative estimate of drug-likeness (QED) is 0.364. The summed E-state index contributed by atoms with van der Waals surface area (Å²) in [7, 11) is 0. The van der Waals surface area contributed by atoms with Crippen LogP contribution in [0.25, 0.3) is 10.8 Å². The van der Waals surface area contributed by atoms with Crippen molar-refractivity contribution in [3.05, 3.63) is 34.5 Å². The third-order valence-corrected chi connectivity index (χ3v) is 3.64. The first-order valence-corrected chi connectivity index (χ1v) is 6.70. The summed E-state index contributed by atoms with van der Waals surface area (Å²) in [6, 6.07) is 7.44. The second-order valence-corrected chi connectivity index (χ2v) is 4.78. The third kappa shape index (κ3) is 2.88. The van der Waals surface area contributed by atoms with E-state index in [-0.39, 0.29) is 12.4 Å². The van der Waals surface area contributed by atoms with Gasteiger partial charge in [-0.2, -0.15) is 0 Å². The number of hydrogen-bond donors (Lipinski definition) is 0. The lowest BCUT2D eigenvalue weighted by molar-refractivity contribution is -0.153. The molecule has 19 heavy (non-hydrogen) atoms. The Kier molecular flexibility index (Phi) is 4.06. The number of rotatable bonds is 5. The Labute approximate surface area is 114 Å². The van der Waals surface area contributed by atoms with Gasteiger partial charge in [0, 0.05) is 5.39 Å². The number of carbonyl (C=O) groups excluding carboxylic acids is 3. The van der Waals surface area contributed by atoms with Gasteiger partial charge >= 0.3 is 5.97 Å². The number of Topliss-reactive ketones (excluding diaryl/α,β-unsaturated/α-hetero) is 2. The van der Waals surface area contributed by atoms with E-state index < -0.39 is 18.2 Å². The first-order valence-electron chi connectivity index (χ1n) is 5.83. The lowest BCUT2D eigenvalue weighted by Crippen LogP contribution is -2.20. The minimum absolute atomic E-state index is 0.126. The van der Waals surface area contributed by atoms with Crippen LogP contribution in [0.1, 0.15) is 23.0 Å². The molecule has 0 atom stereocenters. The van der Waals surface area contributed by atoms with Crippen molar-refractivity contribution < 1.29 is 19.1 Å². The average Bonchev–Trinajstić information content (AvgIpc) is 2.82. The van der Waals surface area contributed by atoms with Crippen LogP contribution < -0.4 is 0 Å². The minimum Gasteiger partial charge on any atom is -0.460 e. The molecule has 2 rings (SSSR count). The molecule has 0 amide bonds. The Morgan fingerprint density at radius 1 is 1.21 bits per heavy atom. The van der Waals surface area contributed by atoms with Crippen molar-refractivity contribution in [1.82, 2.24) is 0 Å². The number of ether oxygens (including phenoxy) is 1. The molecule has 1 aromatic carbocycles. The van der Waals surface area contributed by atoms with Crippen LogP contribution >= 0.6 is 11.3 Å². The van der Waals surface area contributed by atoms with Crippen LogP contribution in [-0.2, 0) is 14.3 Å². The zero-order chi connectivity index (χ0) is 13.8. The van der Waals surface area contributed by atoms with Crippen molar-refractivity contribution >= 4 is 39.6 Å². The number of hydrogen-bond acceptors (Lipinski definition) is 5. The summed E-state index contributed by atoms with van der Waals surface area (Å²) in [6.07, 6.45) is -0.441. The van der Waals surface area contributed by atoms with Crippen molar-refractivity contribution in [1.29, 1.82) is 0 Å². The number of thiophene rings is 1. The van der Waals surface area contributed by atoms with Gasteiger partial charge in [0.1, 0.15) is 0 Å². The van der Waals surface area contributed by atoms with Crippen molar-refractivity contribution in [2.24, 2.45) is 0 Å². The van der Waals surface area contributed by atoms with Gasteiger partial charge < -0.3 is 4.74 Å². The molecule has 0 spiro atoms. The zero-order valence-electron chi connectivity index (χ0n) is 10.3. The fraction of sp³-hybridized carbons (Fsp3) is 0.214. The Bertz CT molecular complexity index is 642. The topological polar surface area (TPSA) is 60.4 Å². The highest BCUT2D eigenvalue weighted by Gasteiger charge is 2.21. The van der Waals surface area contributed by atoms with Gasteiger partial charge in [-0.15, -0.1) is 11.3 Å². The fourth-order valence-electron chi connectivity index (χ4n) is 1.72. The Morgan fingerprint density at radius 2 is 1.95 bits per heavy atom. The van der Waals surface area contributed by atoms with E-state index in [1.165, 1.54) is 11.3 Å². The van der Waals surface area contributed by atoms with Gasteiger partial charge in [0.15, 0.2) is 5.78 Å². The summed E-state index contributed by atoms with van der Waals surface area (Å²) in [5.74, 6) is -2.09. The number of fused-ring (bicyclic) bond motifs is 1. The lowest BCUT2D eigenvalue weighted by Gasteiger charge is -2.00. The summed E-state index contributed by atoms with van der Waals surface area (Å²) < 4.78 is 4.57. The highest BCUT2D eigenvalue weighted by Crippen LogP contribution is 2.26. The second-order valence-electron chi connectivity index (χ2n) is 3.90. The monoisotopic (exact) mass is 276 g/mol. The van der Waals surface area contributed by atoms with Gasteiger partial charge in [-0.05, 0) is 17.7 Å². The number of carbonyl (C=O) groups is 3. The molecule has 0 aliphatic rings. The molecule has 0 unspecified atom stereocenters. The maximum Gasteiger partial charge on any atom is 0.375 e. The molecule has 98 valence electrons. The van der Waals surface area contributed by atoms with Gasteiger partial charge in [-0.1, -0.05) is 24.3 Å². The van der Waals surface area contributed by atoms with E-state index in [1.807, 2.05) is 29.6 Å².